The van der Waals surface area contributed by atoms with E-state index in [1.165, 1.54) is 6.07 Å². The van der Waals surface area contributed by atoms with Gasteiger partial charge in [-0.3, -0.25) is 4.79 Å². The van der Waals surface area contributed by atoms with Crippen LogP contribution in [0.2, 0.25) is 5.02 Å². The van der Waals surface area contributed by atoms with Gasteiger partial charge in [0.15, 0.2) is 5.82 Å². The largest absolute Gasteiger partial charge is 0.353 e. The zero-order valence-corrected chi connectivity index (χ0v) is 20.8. The van der Waals surface area contributed by atoms with Crippen LogP contribution in [0.25, 0.3) is 11.4 Å². The minimum atomic E-state index is -0.245. The van der Waals surface area contributed by atoms with Crippen molar-refractivity contribution in [2.45, 2.75) is 13.3 Å². The first-order valence-electron chi connectivity index (χ1n) is 12.0. The van der Waals surface area contributed by atoms with E-state index in [9.17, 15) is 9.18 Å². The van der Waals surface area contributed by atoms with Crippen molar-refractivity contribution >= 4 is 23.3 Å². The van der Waals surface area contributed by atoms with E-state index in [1.807, 2.05) is 60.4 Å². The fraction of sp³-hybridized carbons (Fsp3) is 0.207. The number of nitrogens with zero attached hydrogens (tertiary/aromatic N) is 4. The van der Waals surface area contributed by atoms with E-state index in [1.54, 1.807) is 24.3 Å². The molecule has 0 spiro atoms. The Bertz CT molecular complexity index is 1390. The second kappa shape index (κ2) is 10.5. The van der Waals surface area contributed by atoms with E-state index in [4.69, 9.17) is 21.6 Å². The number of hydrogen-bond donors (Lipinski definition) is 0. The molecule has 0 atom stereocenters. The SMILES string of the molecule is Cc1nc(-c2ccccc2)nc(N2CCN(C(=O)c3ccccc3Cl)CC2)c1Cc1ccccc1F. The number of carbonyl (C=O) groups excluding carboxylic acids is 1. The van der Waals surface area contributed by atoms with Gasteiger partial charge in [0.2, 0.25) is 0 Å². The van der Waals surface area contributed by atoms with E-state index in [-0.39, 0.29) is 11.7 Å². The average molecular weight is 501 g/mol. The van der Waals surface area contributed by atoms with E-state index >= 15 is 0 Å². The summed E-state index contributed by atoms with van der Waals surface area (Å²) >= 11 is 6.26. The molecule has 5 rings (SSSR count). The molecule has 2 heterocycles. The van der Waals surface area contributed by atoms with Crippen LogP contribution < -0.4 is 4.90 Å². The van der Waals surface area contributed by atoms with Gasteiger partial charge in [0.25, 0.3) is 5.91 Å². The zero-order valence-electron chi connectivity index (χ0n) is 20.0. The van der Waals surface area contributed by atoms with Crippen molar-refractivity contribution in [2.75, 3.05) is 31.1 Å². The number of hydrogen-bond acceptors (Lipinski definition) is 4. The number of rotatable bonds is 5. The van der Waals surface area contributed by atoms with Gasteiger partial charge in [-0.05, 0) is 30.7 Å². The third-order valence-corrected chi connectivity index (χ3v) is 6.85. The molecule has 36 heavy (non-hydrogen) atoms. The fourth-order valence-electron chi connectivity index (χ4n) is 4.52. The molecule has 5 nitrogen and oxygen atoms in total. The summed E-state index contributed by atoms with van der Waals surface area (Å²) in [6.07, 6.45) is 0.391. The number of piperazine rings is 1. The van der Waals surface area contributed by atoms with Crippen molar-refractivity contribution in [1.82, 2.24) is 14.9 Å². The quantitative estimate of drug-likeness (QED) is 0.347. The first-order valence-corrected chi connectivity index (χ1v) is 12.3. The van der Waals surface area contributed by atoms with Crippen molar-refractivity contribution in [3.63, 3.8) is 0 Å². The lowest BCUT2D eigenvalue weighted by Gasteiger charge is -2.36. The summed E-state index contributed by atoms with van der Waals surface area (Å²) in [5.74, 6) is 1.10. The molecule has 7 heteroatoms. The highest BCUT2D eigenvalue weighted by atomic mass is 35.5. The molecule has 0 bridgehead atoms. The van der Waals surface area contributed by atoms with Gasteiger partial charge in [-0.25, -0.2) is 14.4 Å². The molecule has 0 saturated carbocycles. The Labute approximate surface area is 215 Å². The molecular weight excluding hydrogens is 475 g/mol. The van der Waals surface area contributed by atoms with E-state index in [2.05, 4.69) is 4.90 Å². The van der Waals surface area contributed by atoms with Crippen LogP contribution in [0, 0.1) is 12.7 Å². The van der Waals surface area contributed by atoms with Crippen molar-refractivity contribution in [3.05, 3.63) is 112 Å². The Hall–Kier alpha value is -3.77. The molecule has 1 aromatic heterocycles. The van der Waals surface area contributed by atoms with Gasteiger partial charge in [-0.2, -0.15) is 0 Å². The molecule has 0 aliphatic carbocycles. The Morgan fingerprint density at radius 1 is 0.889 bits per heavy atom. The second-order valence-electron chi connectivity index (χ2n) is 8.83. The van der Waals surface area contributed by atoms with Crippen LogP contribution in [-0.2, 0) is 6.42 Å². The summed E-state index contributed by atoms with van der Waals surface area (Å²) in [5.41, 5.74) is 3.75. The second-order valence-corrected chi connectivity index (χ2v) is 9.24. The van der Waals surface area contributed by atoms with Gasteiger partial charge in [-0.1, -0.05) is 72.3 Å². The molecule has 0 radical (unpaired) electrons. The highest BCUT2D eigenvalue weighted by Gasteiger charge is 2.27. The van der Waals surface area contributed by atoms with E-state index in [0.717, 1.165) is 22.6 Å². The van der Waals surface area contributed by atoms with Gasteiger partial charge in [0.05, 0.1) is 10.6 Å². The number of carbonyl (C=O) groups is 1. The topological polar surface area (TPSA) is 49.3 Å². The van der Waals surface area contributed by atoms with Crippen molar-refractivity contribution in [1.29, 1.82) is 0 Å². The number of aromatic nitrogens is 2. The molecule has 0 N–H and O–H groups in total. The summed E-state index contributed by atoms with van der Waals surface area (Å²) in [6.45, 7) is 4.22. The minimum Gasteiger partial charge on any atom is -0.353 e. The monoisotopic (exact) mass is 500 g/mol. The third kappa shape index (κ3) is 4.95. The van der Waals surface area contributed by atoms with Crippen molar-refractivity contribution in [2.24, 2.45) is 0 Å². The predicted molar refractivity (Wildman–Crippen MR) is 141 cm³/mol. The standard InChI is InChI=1S/C29H26ClFN4O/c1-20-24(19-22-11-5-8-14-26(22)31)28(33-27(32-20)21-9-3-2-4-10-21)34-15-17-35(18-16-34)29(36)23-12-6-7-13-25(23)30/h2-14H,15-19H2,1H3. The third-order valence-electron chi connectivity index (χ3n) is 6.52. The number of anilines is 1. The van der Waals surface area contributed by atoms with Crippen LogP contribution in [0.15, 0.2) is 78.9 Å². The summed E-state index contributed by atoms with van der Waals surface area (Å²) in [7, 11) is 0. The molecule has 1 aliphatic rings. The van der Waals surface area contributed by atoms with Crippen LogP contribution in [0.3, 0.4) is 0 Å². The van der Waals surface area contributed by atoms with Crippen LogP contribution in [0.1, 0.15) is 27.2 Å². The minimum absolute atomic E-state index is 0.0735. The van der Waals surface area contributed by atoms with Gasteiger partial charge in [-0.15, -0.1) is 0 Å². The number of amides is 1. The molecule has 0 unspecified atom stereocenters. The van der Waals surface area contributed by atoms with Crippen LogP contribution in [0.5, 0.6) is 0 Å². The maximum absolute atomic E-state index is 14.5. The highest BCUT2D eigenvalue weighted by Crippen LogP contribution is 2.29. The summed E-state index contributed by atoms with van der Waals surface area (Å²) in [4.78, 5) is 26.8. The Kier molecular flexibility index (Phi) is 6.96. The number of halogens is 2. The fourth-order valence-corrected chi connectivity index (χ4v) is 4.74. The first-order chi connectivity index (χ1) is 17.5. The van der Waals surface area contributed by atoms with Crippen LogP contribution >= 0.6 is 11.6 Å². The van der Waals surface area contributed by atoms with Gasteiger partial charge < -0.3 is 9.80 Å². The molecule has 182 valence electrons. The Morgan fingerprint density at radius 2 is 1.56 bits per heavy atom. The molecule has 3 aromatic carbocycles. The summed E-state index contributed by atoms with van der Waals surface area (Å²) in [5, 5.41) is 0.455. The number of benzene rings is 3. The van der Waals surface area contributed by atoms with Crippen molar-refractivity contribution < 1.29 is 9.18 Å². The smallest absolute Gasteiger partial charge is 0.255 e. The normalized spacial score (nSPS) is 13.6. The van der Waals surface area contributed by atoms with Gasteiger partial charge in [0.1, 0.15) is 11.6 Å². The maximum Gasteiger partial charge on any atom is 0.255 e. The highest BCUT2D eigenvalue weighted by molar-refractivity contribution is 6.33. The Morgan fingerprint density at radius 3 is 2.28 bits per heavy atom. The van der Waals surface area contributed by atoms with Gasteiger partial charge >= 0.3 is 0 Å². The van der Waals surface area contributed by atoms with E-state index in [0.29, 0.717) is 54.6 Å². The Balaban J connectivity index is 1.46. The molecule has 1 saturated heterocycles. The van der Waals surface area contributed by atoms with Gasteiger partial charge in [0, 0.05) is 49.4 Å². The molecule has 1 aliphatic heterocycles. The van der Waals surface area contributed by atoms with Crippen LogP contribution in [0.4, 0.5) is 10.2 Å². The first kappa shape index (κ1) is 23.9. The van der Waals surface area contributed by atoms with E-state index < -0.39 is 0 Å². The maximum atomic E-state index is 14.5. The molecular formula is C29H26ClFN4O. The lowest BCUT2D eigenvalue weighted by Crippen LogP contribution is -2.49. The lowest BCUT2D eigenvalue weighted by atomic mass is 10.0. The molecule has 4 aromatic rings. The lowest BCUT2D eigenvalue weighted by molar-refractivity contribution is 0.0746. The molecule has 1 amide bonds. The van der Waals surface area contributed by atoms with Crippen molar-refractivity contribution in [3.8, 4) is 11.4 Å². The molecule has 1 fully saturated rings. The zero-order chi connectivity index (χ0) is 25.1. The summed E-state index contributed by atoms with van der Waals surface area (Å²) < 4.78 is 14.5. The number of aryl methyl sites for hydroxylation is 1. The predicted octanol–water partition coefficient (Wildman–Crippen LogP) is 5.80. The summed E-state index contributed by atoms with van der Waals surface area (Å²) in [6, 6.07) is 23.8. The van der Waals surface area contributed by atoms with Crippen LogP contribution in [-0.4, -0.2) is 47.0 Å². The average Bonchev–Trinajstić information content (AvgIpc) is 2.91.